The molecule has 3 nitrogen and oxygen atoms in total. The van der Waals surface area contributed by atoms with Gasteiger partial charge in [-0.1, -0.05) is 36.4 Å². The van der Waals surface area contributed by atoms with E-state index in [0.717, 1.165) is 5.39 Å². The zero-order chi connectivity index (χ0) is 14.7. The summed E-state index contributed by atoms with van der Waals surface area (Å²) in [7, 11) is 0. The minimum atomic E-state index is -0.178. The van der Waals surface area contributed by atoms with E-state index in [0.29, 0.717) is 17.5 Å². The molecule has 20 heavy (non-hydrogen) atoms. The molecule has 0 aliphatic rings. The third-order valence-corrected chi connectivity index (χ3v) is 3.34. The van der Waals surface area contributed by atoms with E-state index in [4.69, 9.17) is 0 Å². The summed E-state index contributed by atoms with van der Waals surface area (Å²) in [5, 5.41) is 12.0. The number of carbonyl (C=O) groups excluding carboxylic acids is 1. The van der Waals surface area contributed by atoms with Crippen molar-refractivity contribution in [3.63, 3.8) is 0 Å². The van der Waals surface area contributed by atoms with Crippen LogP contribution in [0, 0.1) is 0 Å². The summed E-state index contributed by atoms with van der Waals surface area (Å²) in [6.07, 6.45) is 1.69. The predicted octanol–water partition coefficient (Wildman–Crippen LogP) is 3.58. The largest absolute Gasteiger partial charge is 0.506 e. The predicted molar refractivity (Wildman–Crippen MR) is 82.0 cm³/mol. The molecule has 0 unspecified atom stereocenters. The Kier molecular flexibility index (Phi) is 4.08. The van der Waals surface area contributed by atoms with Gasteiger partial charge in [0.1, 0.15) is 5.75 Å². The molecule has 3 heteroatoms. The molecule has 0 saturated carbocycles. The van der Waals surface area contributed by atoms with Crippen LogP contribution < -0.4 is 0 Å². The smallest absolute Gasteiger partial charge is 0.258 e. The number of aromatic hydroxyl groups is 1. The summed E-state index contributed by atoms with van der Waals surface area (Å²) in [5.74, 6) is -0.133. The fourth-order valence-electron chi connectivity index (χ4n) is 2.25. The van der Waals surface area contributed by atoms with Crippen molar-refractivity contribution < 1.29 is 9.90 Å². The lowest BCUT2D eigenvalue weighted by atomic mass is 10.0. The molecule has 0 aliphatic heterocycles. The molecule has 104 valence electrons. The highest BCUT2D eigenvalue weighted by Gasteiger charge is 2.21. The van der Waals surface area contributed by atoms with E-state index in [-0.39, 0.29) is 17.7 Å². The summed E-state index contributed by atoms with van der Waals surface area (Å²) < 4.78 is 0. The maximum Gasteiger partial charge on any atom is 0.258 e. The SMILES string of the molecule is C=CCN(C(=O)c1ccc2ccccc2c1O)C(C)C. The number of fused-ring (bicyclic) bond motifs is 1. The van der Waals surface area contributed by atoms with Gasteiger partial charge in [0, 0.05) is 18.0 Å². The highest BCUT2D eigenvalue weighted by atomic mass is 16.3. The maximum absolute atomic E-state index is 12.6. The summed E-state index contributed by atoms with van der Waals surface area (Å²) in [4.78, 5) is 14.2. The lowest BCUT2D eigenvalue weighted by Crippen LogP contribution is -2.37. The average molecular weight is 269 g/mol. The second kappa shape index (κ2) is 5.78. The van der Waals surface area contributed by atoms with Gasteiger partial charge in [-0.15, -0.1) is 6.58 Å². The molecule has 0 fully saturated rings. The van der Waals surface area contributed by atoms with E-state index in [1.165, 1.54) is 0 Å². The van der Waals surface area contributed by atoms with Gasteiger partial charge in [-0.3, -0.25) is 4.79 Å². The van der Waals surface area contributed by atoms with Crippen molar-refractivity contribution in [2.24, 2.45) is 0 Å². The minimum Gasteiger partial charge on any atom is -0.506 e. The van der Waals surface area contributed by atoms with Crippen LogP contribution in [0.1, 0.15) is 24.2 Å². The van der Waals surface area contributed by atoms with Crippen LogP contribution in [0.4, 0.5) is 0 Å². The second-order valence-electron chi connectivity index (χ2n) is 5.02. The van der Waals surface area contributed by atoms with Crippen LogP contribution in [-0.2, 0) is 0 Å². The second-order valence-corrected chi connectivity index (χ2v) is 5.02. The fourth-order valence-corrected chi connectivity index (χ4v) is 2.25. The first-order chi connectivity index (χ1) is 9.56. The third kappa shape index (κ3) is 2.52. The van der Waals surface area contributed by atoms with E-state index in [9.17, 15) is 9.90 Å². The van der Waals surface area contributed by atoms with Gasteiger partial charge >= 0.3 is 0 Å². The normalized spacial score (nSPS) is 10.8. The zero-order valence-electron chi connectivity index (χ0n) is 11.8. The molecule has 0 spiro atoms. The van der Waals surface area contributed by atoms with Gasteiger partial charge in [-0.2, -0.15) is 0 Å². The molecule has 0 aromatic heterocycles. The highest BCUT2D eigenvalue weighted by molar-refractivity contribution is 6.03. The Hall–Kier alpha value is -2.29. The van der Waals surface area contributed by atoms with Gasteiger partial charge < -0.3 is 10.0 Å². The first kappa shape index (κ1) is 14.1. The Morgan fingerprint density at radius 1 is 1.30 bits per heavy atom. The van der Waals surface area contributed by atoms with Crippen molar-refractivity contribution in [3.05, 3.63) is 54.6 Å². The molecule has 2 aromatic carbocycles. The van der Waals surface area contributed by atoms with Gasteiger partial charge in [0.15, 0.2) is 0 Å². The number of hydrogen-bond donors (Lipinski definition) is 1. The standard InChI is InChI=1S/C17H19NO2/c1-4-11-18(12(2)3)17(20)15-10-9-13-7-5-6-8-14(13)16(15)19/h4-10,12,19H,1,11H2,2-3H3. The minimum absolute atomic E-state index is 0.0443. The lowest BCUT2D eigenvalue weighted by Gasteiger charge is -2.26. The van der Waals surface area contributed by atoms with E-state index in [1.807, 2.05) is 44.2 Å². The van der Waals surface area contributed by atoms with E-state index < -0.39 is 0 Å². The summed E-state index contributed by atoms with van der Waals surface area (Å²) >= 11 is 0. The number of rotatable bonds is 4. The lowest BCUT2D eigenvalue weighted by molar-refractivity contribution is 0.0726. The summed E-state index contributed by atoms with van der Waals surface area (Å²) in [6, 6.07) is 11.1. The monoisotopic (exact) mass is 269 g/mol. The molecule has 0 saturated heterocycles. The number of amides is 1. The van der Waals surface area contributed by atoms with Gasteiger partial charge in [-0.25, -0.2) is 0 Å². The number of nitrogens with zero attached hydrogens (tertiary/aromatic N) is 1. The van der Waals surface area contributed by atoms with Gasteiger partial charge in [0.05, 0.1) is 5.56 Å². The molecular formula is C17H19NO2. The van der Waals surface area contributed by atoms with Gasteiger partial charge in [-0.05, 0) is 25.3 Å². The van der Waals surface area contributed by atoms with Crippen molar-refractivity contribution in [2.45, 2.75) is 19.9 Å². The van der Waals surface area contributed by atoms with Crippen molar-refractivity contribution in [1.29, 1.82) is 0 Å². The maximum atomic E-state index is 12.6. The van der Waals surface area contributed by atoms with Crippen molar-refractivity contribution in [1.82, 2.24) is 4.90 Å². The van der Waals surface area contributed by atoms with Crippen LogP contribution >= 0.6 is 0 Å². The first-order valence-electron chi connectivity index (χ1n) is 6.68. The fraction of sp³-hybridized carbons (Fsp3) is 0.235. The highest BCUT2D eigenvalue weighted by Crippen LogP contribution is 2.29. The Labute approximate surface area is 119 Å². The molecule has 2 rings (SSSR count). The Bertz CT molecular complexity index is 646. The third-order valence-electron chi connectivity index (χ3n) is 3.34. The molecule has 0 bridgehead atoms. The van der Waals surface area contributed by atoms with Crippen LogP contribution in [0.25, 0.3) is 10.8 Å². The molecule has 0 radical (unpaired) electrons. The van der Waals surface area contributed by atoms with Crippen molar-refractivity contribution in [2.75, 3.05) is 6.54 Å². The molecule has 0 heterocycles. The topological polar surface area (TPSA) is 40.5 Å². The molecule has 2 aromatic rings. The Balaban J connectivity index is 2.49. The Morgan fingerprint density at radius 2 is 2.00 bits per heavy atom. The number of benzene rings is 2. The first-order valence-corrected chi connectivity index (χ1v) is 6.68. The van der Waals surface area contributed by atoms with Crippen LogP contribution in [0.15, 0.2) is 49.1 Å². The van der Waals surface area contributed by atoms with Crippen LogP contribution in [-0.4, -0.2) is 28.5 Å². The quantitative estimate of drug-likeness (QED) is 0.862. The van der Waals surface area contributed by atoms with E-state index in [2.05, 4.69) is 6.58 Å². The summed E-state index contributed by atoms with van der Waals surface area (Å²) in [5.41, 5.74) is 0.333. The number of carbonyl (C=O) groups is 1. The molecular weight excluding hydrogens is 250 g/mol. The molecule has 0 atom stereocenters. The van der Waals surface area contributed by atoms with Gasteiger partial charge in [0.25, 0.3) is 5.91 Å². The zero-order valence-corrected chi connectivity index (χ0v) is 11.8. The molecule has 1 N–H and O–H groups in total. The molecule has 1 amide bonds. The number of phenolic OH excluding ortho intramolecular Hbond substituents is 1. The Morgan fingerprint density at radius 3 is 2.65 bits per heavy atom. The molecule has 0 aliphatic carbocycles. The van der Waals surface area contributed by atoms with E-state index in [1.54, 1.807) is 17.0 Å². The average Bonchev–Trinajstić information content (AvgIpc) is 2.44. The number of phenols is 1. The van der Waals surface area contributed by atoms with Crippen LogP contribution in [0.3, 0.4) is 0 Å². The number of hydrogen-bond acceptors (Lipinski definition) is 2. The van der Waals surface area contributed by atoms with E-state index >= 15 is 0 Å². The van der Waals surface area contributed by atoms with Crippen molar-refractivity contribution >= 4 is 16.7 Å². The van der Waals surface area contributed by atoms with Crippen LogP contribution in [0.5, 0.6) is 5.75 Å². The van der Waals surface area contributed by atoms with Crippen molar-refractivity contribution in [3.8, 4) is 5.75 Å². The van der Waals surface area contributed by atoms with Crippen LogP contribution in [0.2, 0.25) is 0 Å². The van der Waals surface area contributed by atoms with Gasteiger partial charge in [0.2, 0.25) is 0 Å². The summed E-state index contributed by atoms with van der Waals surface area (Å²) in [6.45, 7) is 8.02.